The third-order valence-corrected chi connectivity index (χ3v) is 5.26. The highest BCUT2D eigenvalue weighted by molar-refractivity contribution is 6.05. The highest BCUT2D eigenvalue weighted by Crippen LogP contribution is 2.37. The molecule has 8 nitrogen and oxygen atoms in total. The van der Waals surface area contributed by atoms with Gasteiger partial charge < -0.3 is 15.4 Å². The Morgan fingerprint density at radius 1 is 1.09 bits per heavy atom. The Kier molecular flexibility index (Phi) is 6.50. The van der Waals surface area contributed by atoms with Gasteiger partial charge in [-0.05, 0) is 42.8 Å². The third-order valence-electron chi connectivity index (χ3n) is 5.26. The topological polar surface area (TPSA) is 102 Å². The van der Waals surface area contributed by atoms with Crippen molar-refractivity contribution in [1.29, 1.82) is 0 Å². The molecule has 0 aliphatic carbocycles. The highest BCUT2D eigenvalue weighted by Gasteiger charge is 2.34. The molecule has 0 aliphatic rings. The fourth-order valence-electron chi connectivity index (χ4n) is 3.39. The van der Waals surface area contributed by atoms with Crippen LogP contribution in [0.15, 0.2) is 48.9 Å². The zero-order valence-electron chi connectivity index (χ0n) is 19.1. The molecule has 0 saturated heterocycles. The molecule has 0 saturated carbocycles. The maximum atomic E-state index is 13.3. The molecule has 35 heavy (non-hydrogen) atoms. The third kappa shape index (κ3) is 5.13. The smallest absolute Gasteiger partial charge is 0.420 e. The lowest BCUT2D eigenvalue weighted by atomic mass is 10.1. The largest absolute Gasteiger partial charge is 0.496 e. The molecule has 0 aliphatic heterocycles. The number of benzene rings is 2. The molecule has 11 heteroatoms. The van der Waals surface area contributed by atoms with Crippen LogP contribution in [0.4, 0.5) is 30.4 Å². The normalized spacial score (nSPS) is 11.4. The lowest BCUT2D eigenvalue weighted by molar-refractivity contribution is -0.138. The monoisotopic (exact) mass is 482 g/mol. The van der Waals surface area contributed by atoms with Gasteiger partial charge in [0.25, 0.3) is 5.91 Å². The molecule has 0 spiro atoms. The maximum absolute atomic E-state index is 13.3. The summed E-state index contributed by atoms with van der Waals surface area (Å²) < 4.78 is 44.7. The van der Waals surface area contributed by atoms with Crippen LogP contribution in [-0.4, -0.2) is 33.0 Å². The molecular formula is C24H21F3N6O2. The van der Waals surface area contributed by atoms with Gasteiger partial charge in [0.1, 0.15) is 28.9 Å². The van der Waals surface area contributed by atoms with E-state index < -0.39 is 17.6 Å². The van der Waals surface area contributed by atoms with Gasteiger partial charge in [0.05, 0.1) is 18.9 Å². The van der Waals surface area contributed by atoms with Crippen molar-refractivity contribution in [3.8, 4) is 5.75 Å². The van der Waals surface area contributed by atoms with Crippen LogP contribution in [0.3, 0.4) is 0 Å². The molecule has 4 aromatic rings. The first-order valence-electron chi connectivity index (χ1n) is 10.6. The number of hydrogen-bond acceptors (Lipinski definition) is 7. The first kappa shape index (κ1) is 23.9. The van der Waals surface area contributed by atoms with Crippen LogP contribution in [-0.2, 0) is 12.6 Å². The van der Waals surface area contributed by atoms with Crippen LogP contribution in [0.1, 0.15) is 34.2 Å². The molecular weight excluding hydrogens is 461 g/mol. The van der Waals surface area contributed by atoms with Crippen molar-refractivity contribution in [2.24, 2.45) is 0 Å². The summed E-state index contributed by atoms with van der Waals surface area (Å²) in [5.74, 6) is 0.176. The molecule has 2 aromatic heterocycles. The Morgan fingerprint density at radius 2 is 1.89 bits per heavy atom. The summed E-state index contributed by atoms with van der Waals surface area (Å²) in [6.07, 6.45) is -0.989. The number of carbonyl (C=O) groups excluding carboxylic acids is 1. The van der Waals surface area contributed by atoms with E-state index >= 15 is 0 Å². The predicted molar refractivity (Wildman–Crippen MR) is 125 cm³/mol. The van der Waals surface area contributed by atoms with Gasteiger partial charge in [-0.1, -0.05) is 13.0 Å². The molecule has 0 atom stereocenters. The Bertz CT molecular complexity index is 1410. The van der Waals surface area contributed by atoms with E-state index in [1.54, 1.807) is 24.4 Å². The second kappa shape index (κ2) is 9.53. The average molecular weight is 482 g/mol. The van der Waals surface area contributed by atoms with Crippen LogP contribution < -0.4 is 15.4 Å². The molecule has 2 N–H and O–H groups in total. The molecule has 0 bridgehead atoms. The Balaban J connectivity index is 1.62. The number of alkyl halides is 3. The summed E-state index contributed by atoms with van der Waals surface area (Å²) in [5.41, 5.74) is 1.75. The van der Waals surface area contributed by atoms with Crippen LogP contribution in [0.2, 0.25) is 0 Å². The van der Waals surface area contributed by atoms with Crippen LogP contribution in [0.5, 0.6) is 5.75 Å². The van der Waals surface area contributed by atoms with Crippen molar-refractivity contribution in [1.82, 2.24) is 19.9 Å². The standard InChI is InChI=1S/C24H21F3N6O2/c1-4-20-28-11-18-21(33-20)22(30-12-29-18)32-17-9-14(6-5-13(17)2)23(34)31-15-7-8-19(35-3)16(10-15)24(25,26)27/h5-12H,4H2,1-3H3,(H,31,34)(H,29,30,32). The number of fused-ring (bicyclic) bond motifs is 1. The minimum atomic E-state index is -4.63. The minimum absolute atomic E-state index is 0.0104. The van der Waals surface area contributed by atoms with Crippen molar-refractivity contribution in [3.05, 3.63) is 71.4 Å². The maximum Gasteiger partial charge on any atom is 0.420 e. The van der Waals surface area contributed by atoms with Crippen molar-refractivity contribution >= 4 is 34.1 Å². The van der Waals surface area contributed by atoms with E-state index in [1.165, 1.54) is 12.4 Å². The number of nitrogens with one attached hydrogen (secondary N) is 2. The fourth-order valence-corrected chi connectivity index (χ4v) is 3.39. The number of aromatic nitrogens is 4. The first-order valence-corrected chi connectivity index (χ1v) is 10.6. The van der Waals surface area contributed by atoms with Gasteiger partial charge in [0.2, 0.25) is 0 Å². The number of halogens is 3. The van der Waals surface area contributed by atoms with Gasteiger partial charge in [0, 0.05) is 23.4 Å². The van der Waals surface area contributed by atoms with Crippen LogP contribution >= 0.6 is 0 Å². The van der Waals surface area contributed by atoms with Gasteiger partial charge in [0.15, 0.2) is 5.82 Å². The number of methoxy groups -OCH3 is 1. The fraction of sp³-hybridized carbons (Fsp3) is 0.208. The van der Waals surface area contributed by atoms with Gasteiger partial charge in [-0.2, -0.15) is 13.2 Å². The van der Waals surface area contributed by atoms with E-state index in [0.717, 1.165) is 24.8 Å². The molecule has 1 amide bonds. The Labute approximate surface area is 198 Å². The number of amides is 1. The number of anilines is 3. The minimum Gasteiger partial charge on any atom is -0.496 e. The number of hydrogen-bond donors (Lipinski definition) is 2. The zero-order valence-corrected chi connectivity index (χ0v) is 19.1. The van der Waals surface area contributed by atoms with Crippen molar-refractivity contribution in [3.63, 3.8) is 0 Å². The molecule has 0 radical (unpaired) electrons. The van der Waals surface area contributed by atoms with E-state index in [9.17, 15) is 18.0 Å². The van der Waals surface area contributed by atoms with Crippen LogP contribution in [0, 0.1) is 6.92 Å². The number of nitrogens with zero attached hydrogens (tertiary/aromatic N) is 4. The Hall–Kier alpha value is -4.28. The molecule has 0 fully saturated rings. The van der Waals surface area contributed by atoms with E-state index in [-0.39, 0.29) is 17.0 Å². The number of carbonyl (C=O) groups is 1. The summed E-state index contributed by atoms with van der Waals surface area (Å²) in [5, 5.41) is 5.69. The quantitative estimate of drug-likeness (QED) is 0.384. The van der Waals surface area contributed by atoms with Gasteiger partial charge in [-0.15, -0.1) is 0 Å². The molecule has 2 heterocycles. The average Bonchev–Trinajstić information content (AvgIpc) is 2.84. The summed E-state index contributed by atoms with van der Waals surface area (Å²) in [6.45, 7) is 3.78. The lowest BCUT2D eigenvalue weighted by Gasteiger charge is -2.15. The molecule has 0 unspecified atom stereocenters. The zero-order chi connectivity index (χ0) is 25.2. The van der Waals surface area contributed by atoms with Crippen LogP contribution in [0.25, 0.3) is 11.0 Å². The summed E-state index contributed by atoms with van der Waals surface area (Å²) >= 11 is 0. The summed E-state index contributed by atoms with van der Waals surface area (Å²) in [7, 11) is 1.15. The summed E-state index contributed by atoms with van der Waals surface area (Å²) in [4.78, 5) is 30.0. The lowest BCUT2D eigenvalue weighted by Crippen LogP contribution is -2.14. The first-order chi connectivity index (χ1) is 16.7. The van der Waals surface area contributed by atoms with Gasteiger partial charge in [-0.25, -0.2) is 19.9 Å². The number of ether oxygens (including phenoxy) is 1. The van der Waals surface area contributed by atoms with Crippen molar-refractivity contribution in [2.45, 2.75) is 26.4 Å². The predicted octanol–water partition coefficient (Wildman–Crippen LogP) is 5.31. The number of rotatable bonds is 6. The van der Waals surface area contributed by atoms with E-state index in [2.05, 4.69) is 30.6 Å². The second-order valence-corrected chi connectivity index (χ2v) is 7.62. The van der Waals surface area contributed by atoms with Crippen molar-refractivity contribution < 1.29 is 22.7 Å². The Morgan fingerprint density at radius 3 is 2.60 bits per heavy atom. The summed E-state index contributed by atoms with van der Waals surface area (Å²) in [6, 6.07) is 8.24. The molecule has 2 aromatic carbocycles. The van der Waals surface area contributed by atoms with Gasteiger partial charge >= 0.3 is 6.18 Å². The molecule has 4 rings (SSSR count). The van der Waals surface area contributed by atoms with E-state index in [0.29, 0.717) is 34.8 Å². The highest BCUT2D eigenvalue weighted by atomic mass is 19.4. The second-order valence-electron chi connectivity index (χ2n) is 7.62. The van der Waals surface area contributed by atoms with Gasteiger partial charge in [-0.3, -0.25) is 4.79 Å². The van der Waals surface area contributed by atoms with Crippen molar-refractivity contribution in [2.75, 3.05) is 17.7 Å². The van der Waals surface area contributed by atoms with E-state index in [4.69, 9.17) is 4.74 Å². The number of aryl methyl sites for hydroxylation is 2. The molecule has 180 valence electrons. The SMILES string of the molecule is CCc1ncc2ncnc(Nc3cc(C(=O)Nc4ccc(OC)c(C(F)(F)F)c4)ccc3C)c2n1. The van der Waals surface area contributed by atoms with E-state index in [1.807, 2.05) is 13.8 Å².